The van der Waals surface area contributed by atoms with E-state index in [9.17, 15) is 10.1 Å². The molecule has 16 heavy (non-hydrogen) atoms. The van der Waals surface area contributed by atoms with E-state index in [-0.39, 0.29) is 10.6 Å². The number of para-hydroxylation sites is 1. The smallest absolute Gasteiger partial charge is 0.272 e. The highest BCUT2D eigenvalue weighted by atomic mass is 16.6. The average Bonchev–Trinajstić information content (AvgIpc) is 2.31. The first-order valence-electron chi connectivity index (χ1n) is 5.70. The predicted octanol–water partition coefficient (Wildman–Crippen LogP) is 2.14. The highest BCUT2D eigenvalue weighted by Gasteiger charge is 2.18. The van der Waals surface area contributed by atoms with Gasteiger partial charge >= 0.3 is 0 Å². The lowest BCUT2D eigenvalue weighted by molar-refractivity contribution is -0.385. The Balaban J connectivity index is 2.10. The third-order valence-corrected chi connectivity index (χ3v) is 3.16. The van der Waals surface area contributed by atoms with Crippen LogP contribution < -0.4 is 5.32 Å². The molecule has 0 spiro atoms. The summed E-state index contributed by atoms with van der Waals surface area (Å²) in [7, 11) is 0. The van der Waals surface area contributed by atoms with Crippen molar-refractivity contribution in [3.05, 3.63) is 39.9 Å². The minimum Gasteiger partial charge on any atom is -0.317 e. The van der Waals surface area contributed by atoms with Crippen molar-refractivity contribution in [2.24, 2.45) is 5.92 Å². The van der Waals surface area contributed by atoms with E-state index in [1.807, 2.05) is 12.1 Å². The Morgan fingerprint density at radius 1 is 1.31 bits per heavy atom. The lowest BCUT2D eigenvalue weighted by atomic mass is 9.90. The number of benzene rings is 1. The van der Waals surface area contributed by atoms with Gasteiger partial charge in [-0.25, -0.2) is 0 Å². The first kappa shape index (κ1) is 11.1. The van der Waals surface area contributed by atoms with Gasteiger partial charge in [-0.1, -0.05) is 18.2 Å². The quantitative estimate of drug-likeness (QED) is 0.627. The maximum atomic E-state index is 10.9. The predicted molar refractivity (Wildman–Crippen MR) is 62.4 cm³/mol. The highest BCUT2D eigenvalue weighted by Crippen LogP contribution is 2.24. The van der Waals surface area contributed by atoms with Gasteiger partial charge in [0.05, 0.1) is 4.92 Å². The molecule has 0 bridgehead atoms. The molecule has 0 unspecified atom stereocenters. The average molecular weight is 220 g/mol. The van der Waals surface area contributed by atoms with Crippen molar-refractivity contribution < 1.29 is 4.92 Å². The van der Waals surface area contributed by atoms with Crippen molar-refractivity contribution in [1.29, 1.82) is 0 Å². The Labute approximate surface area is 94.8 Å². The molecule has 1 aliphatic heterocycles. The Morgan fingerprint density at radius 3 is 2.69 bits per heavy atom. The third-order valence-electron chi connectivity index (χ3n) is 3.16. The number of nitrogens with one attached hydrogen (secondary N) is 1. The number of hydrogen-bond donors (Lipinski definition) is 1. The molecule has 0 saturated carbocycles. The SMILES string of the molecule is O=[N+]([O-])c1ccccc1CC1CCNCC1. The molecular weight excluding hydrogens is 204 g/mol. The van der Waals surface area contributed by atoms with Crippen LogP contribution in [0.1, 0.15) is 18.4 Å². The fourth-order valence-electron chi connectivity index (χ4n) is 2.26. The zero-order valence-corrected chi connectivity index (χ0v) is 9.19. The molecule has 0 amide bonds. The van der Waals surface area contributed by atoms with Crippen molar-refractivity contribution in [3.63, 3.8) is 0 Å². The largest absolute Gasteiger partial charge is 0.317 e. The van der Waals surface area contributed by atoms with Crippen molar-refractivity contribution >= 4 is 5.69 Å². The summed E-state index contributed by atoms with van der Waals surface area (Å²) in [6, 6.07) is 7.07. The summed E-state index contributed by atoms with van der Waals surface area (Å²) in [5.74, 6) is 0.586. The van der Waals surface area contributed by atoms with Gasteiger partial charge in [0.25, 0.3) is 5.69 Å². The minimum atomic E-state index is -0.281. The van der Waals surface area contributed by atoms with E-state index in [1.165, 1.54) is 0 Å². The van der Waals surface area contributed by atoms with Crippen LogP contribution in [0.4, 0.5) is 5.69 Å². The summed E-state index contributed by atoms with van der Waals surface area (Å²) in [6.07, 6.45) is 3.07. The van der Waals surface area contributed by atoms with Crippen LogP contribution in [0, 0.1) is 16.0 Å². The monoisotopic (exact) mass is 220 g/mol. The number of rotatable bonds is 3. The van der Waals surface area contributed by atoms with Gasteiger partial charge in [-0.2, -0.15) is 0 Å². The van der Waals surface area contributed by atoms with E-state index < -0.39 is 0 Å². The first-order chi connectivity index (χ1) is 7.77. The molecule has 0 aliphatic carbocycles. The van der Waals surface area contributed by atoms with Gasteiger partial charge in [0.1, 0.15) is 0 Å². The van der Waals surface area contributed by atoms with Crippen molar-refractivity contribution in [2.75, 3.05) is 13.1 Å². The zero-order chi connectivity index (χ0) is 11.4. The molecule has 86 valence electrons. The molecule has 1 aromatic rings. The summed E-state index contributed by atoms with van der Waals surface area (Å²) in [5, 5.41) is 14.2. The Kier molecular flexibility index (Phi) is 3.51. The van der Waals surface area contributed by atoms with Gasteiger partial charge in [-0.3, -0.25) is 10.1 Å². The lowest BCUT2D eigenvalue weighted by Gasteiger charge is -2.22. The van der Waals surface area contributed by atoms with Crippen molar-refractivity contribution in [3.8, 4) is 0 Å². The van der Waals surface area contributed by atoms with Gasteiger partial charge in [0.15, 0.2) is 0 Å². The Bertz CT molecular complexity index is 373. The van der Waals surface area contributed by atoms with Crippen molar-refractivity contribution in [2.45, 2.75) is 19.3 Å². The third kappa shape index (κ3) is 2.58. The van der Waals surface area contributed by atoms with Crippen LogP contribution in [0.3, 0.4) is 0 Å². The topological polar surface area (TPSA) is 55.2 Å². The Morgan fingerprint density at radius 2 is 2.00 bits per heavy atom. The molecule has 4 heteroatoms. The van der Waals surface area contributed by atoms with Crippen LogP contribution in [0.2, 0.25) is 0 Å². The molecule has 4 nitrogen and oxygen atoms in total. The van der Waals surface area contributed by atoms with E-state index in [0.29, 0.717) is 5.92 Å². The van der Waals surface area contributed by atoms with Gasteiger partial charge in [-0.05, 0) is 38.3 Å². The van der Waals surface area contributed by atoms with Crippen LogP contribution in [0.25, 0.3) is 0 Å². The molecular formula is C12H16N2O2. The molecule has 1 N–H and O–H groups in total. The molecule has 2 rings (SSSR count). The van der Waals surface area contributed by atoms with Crippen LogP contribution in [0.15, 0.2) is 24.3 Å². The standard InChI is InChI=1S/C12H16N2O2/c15-14(16)12-4-2-1-3-11(12)9-10-5-7-13-8-6-10/h1-4,10,13H,5-9H2. The number of nitrogens with zero attached hydrogens (tertiary/aromatic N) is 1. The Hall–Kier alpha value is -1.42. The molecule has 0 atom stereocenters. The zero-order valence-electron chi connectivity index (χ0n) is 9.19. The maximum Gasteiger partial charge on any atom is 0.272 e. The summed E-state index contributed by atoms with van der Waals surface area (Å²) in [4.78, 5) is 10.6. The number of nitro benzene ring substituents is 1. The lowest BCUT2D eigenvalue weighted by Crippen LogP contribution is -2.28. The molecule has 1 saturated heterocycles. The van der Waals surface area contributed by atoms with Gasteiger partial charge in [0, 0.05) is 11.6 Å². The fraction of sp³-hybridized carbons (Fsp3) is 0.500. The fourth-order valence-corrected chi connectivity index (χ4v) is 2.26. The number of piperidine rings is 1. The number of hydrogen-bond acceptors (Lipinski definition) is 3. The maximum absolute atomic E-state index is 10.9. The van der Waals surface area contributed by atoms with E-state index in [1.54, 1.807) is 12.1 Å². The van der Waals surface area contributed by atoms with Crippen LogP contribution in [-0.2, 0) is 6.42 Å². The molecule has 0 radical (unpaired) electrons. The molecule has 1 fully saturated rings. The van der Waals surface area contributed by atoms with E-state index in [0.717, 1.165) is 37.9 Å². The van der Waals surface area contributed by atoms with Crippen LogP contribution >= 0.6 is 0 Å². The van der Waals surface area contributed by atoms with Gasteiger partial charge in [-0.15, -0.1) is 0 Å². The van der Waals surface area contributed by atoms with E-state index in [2.05, 4.69) is 5.32 Å². The minimum absolute atomic E-state index is 0.265. The molecule has 1 aliphatic rings. The summed E-state index contributed by atoms with van der Waals surface area (Å²) in [5.41, 5.74) is 1.14. The van der Waals surface area contributed by atoms with Gasteiger partial charge in [0.2, 0.25) is 0 Å². The second-order valence-electron chi connectivity index (χ2n) is 4.28. The summed E-state index contributed by atoms with van der Waals surface area (Å²) >= 11 is 0. The molecule has 0 aromatic heterocycles. The van der Waals surface area contributed by atoms with Gasteiger partial charge < -0.3 is 5.32 Å². The van der Waals surface area contributed by atoms with Crippen LogP contribution in [-0.4, -0.2) is 18.0 Å². The molecule has 1 heterocycles. The van der Waals surface area contributed by atoms with E-state index >= 15 is 0 Å². The van der Waals surface area contributed by atoms with Crippen LogP contribution in [0.5, 0.6) is 0 Å². The summed E-state index contributed by atoms with van der Waals surface area (Å²) in [6.45, 7) is 2.07. The second-order valence-corrected chi connectivity index (χ2v) is 4.28. The first-order valence-corrected chi connectivity index (χ1v) is 5.70. The van der Waals surface area contributed by atoms with E-state index in [4.69, 9.17) is 0 Å². The molecule has 1 aromatic carbocycles. The summed E-state index contributed by atoms with van der Waals surface area (Å²) < 4.78 is 0. The normalized spacial score (nSPS) is 17.2. The second kappa shape index (κ2) is 5.07. The van der Waals surface area contributed by atoms with Crippen molar-refractivity contribution in [1.82, 2.24) is 5.32 Å². The number of nitro groups is 1. The highest BCUT2D eigenvalue weighted by molar-refractivity contribution is 5.40.